The average molecular weight is 334 g/mol. The number of carbonyl (C=O) groups is 1. The quantitative estimate of drug-likeness (QED) is 0.649. The molecule has 0 bridgehead atoms. The molecule has 1 atom stereocenters. The second-order valence-corrected chi connectivity index (χ2v) is 6.43. The molecule has 0 aromatic heterocycles. The van der Waals surface area contributed by atoms with E-state index < -0.39 is 6.10 Å². The van der Waals surface area contributed by atoms with Gasteiger partial charge in [0.2, 0.25) is 5.91 Å². The third kappa shape index (κ3) is 5.80. The molecule has 1 aliphatic rings. The van der Waals surface area contributed by atoms with Crippen LogP contribution in [0.1, 0.15) is 51.5 Å². The fraction of sp³-hybridized carbons (Fsp3) is 0.632. The Hall–Kier alpha value is -1.59. The van der Waals surface area contributed by atoms with Crippen LogP contribution < -0.4 is 15.4 Å². The predicted molar refractivity (Wildman–Crippen MR) is 96.5 cm³/mol. The van der Waals surface area contributed by atoms with Gasteiger partial charge < -0.3 is 20.5 Å². The molecule has 0 aliphatic heterocycles. The highest BCUT2D eigenvalue weighted by atomic mass is 16.5. The van der Waals surface area contributed by atoms with E-state index in [1.54, 1.807) is 0 Å². The lowest BCUT2D eigenvalue weighted by atomic mass is 10.1. The van der Waals surface area contributed by atoms with Crippen LogP contribution in [0.3, 0.4) is 0 Å². The van der Waals surface area contributed by atoms with Crippen molar-refractivity contribution in [3.05, 3.63) is 23.8 Å². The van der Waals surface area contributed by atoms with E-state index >= 15 is 0 Å². The summed E-state index contributed by atoms with van der Waals surface area (Å²) in [7, 11) is 0. The third-order valence-electron chi connectivity index (χ3n) is 4.47. The monoisotopic (exact) mass is 334 g/mol. The molecule has 1 aromatic carbocycles. The molecule has 1 aliphatic carbocycles. The minimum absolute atomic E-state index is 0.000805. The first-order valence-electron chi connectivity index (χ1n) is 9.09. The molecule has 2 rings (SSSR count). The van der Waals surface area contributed by atoms with Crippen molar-refractivity contribution in [3.63, 3.8) is 0 Å². The molecule has 0 spiro atoms. The lowest BCUT2D eigenvalue weighted by Gasteiger charge is -2.18. The summed E-state index contributed by atoms with van der Waals surface area (Å²) in [5, 5.41) is 16.4. The molecule has 3 N–H and O–H groups in total. The lowest BCUT2D eigenvalue weighted by molar-refractivity contribution is -0.115. The first-order chi connectivity index (χ1) is 11.6. The largest absolute Gasteiger partial charge is 0.491 e. The van der Waals surface area contributed by atoms with Crippen LogP contribution in [0.2, 0.25) is 0 Å². The summed E-state index contributed by atoms with van der Waals surface area (Å²) in [6.45, 7) is 4.71. The van der Waals surface area contributed by atoms with Gasteiger partial charge in [0.25, 0.3) is 0 Å². The Bertz CT molecular complexity index is 527. The molecule has 1 amide bonds. The molecule has 1 aromatic rings. The minimum atomic E-state index is -0.519. The summed E-state index contributed by atoms with van der Waals surface area (Å²) in [6.07, 6.45) is 5.73. The number of aliphatic hydroxyl groups excluding tert-OH is 1. The fourth-order valence-electron chi connectivity index (χ4n) is 3.00. The summed E-state index contributed by atoms with van der Waals surface area (Å²) in [5.74, 6) is 0.769. The zero-order valence-electron chi connectivity index (χ0n) is 14.8. The molecule has 1 saturated carbocycles. The van der Waals surface area contributed by atoms with E-state index in [1.807, 2.05) is 32.0 Å². The van der Waals surface area contributed by atoms with Gasteiger partial charge in [0.1, 0.15) is 18.5 Å². The van der Waals surface area contributed by atoms with E-state index in [-0.39, 0.29) is 12.5 Å². The molecule has 0 radical (unpaired) electrons. The molecule has 134 valence electrons. The number of hydrogen-bond acceptors (Lipinski definition) is 4. The molecule has 1 fully saturated rings. The number of carbonyl (C=O) groups excluding carboxylic acids is 1. The van der Waals surface area contributed by atoms with Crippen LogP contribution in [0.5, 0.6) is 5.75 Å². The molecule has 24 heavy (non-hydrogen) atoms. The Balaban J connectivity index is 1.83. The predicted octanol–water partition coefficient (Wildman–Crippen LogP) is 2.87. The van der Waals surface area contributed by atoms with Crippen molar-refractivity contribution in [1.82, 2.24) is 5.32 Å². The van der Waals surface area contributed by atoms with Gasteiger partial charge in [-0.3, -0.25) is 4.79 Å². The number of aliphatic hydroxyl groups is 1. The number of anilines is 1. The molecule has 5 heteroatoms. The van der Waals surface area contributed by atoms with Crippen LogP contribution in [-0.2, 0) is 11.2 Å². The number of nitrogens with one attached hydrogen (secondary N) is 2. The van der Waals surface area contributed by atoms with E-state index in [1.165, 1.54) is 25.7 Å². The zero-order valence-corrected chi connectivity index (χ0v) is 14.8. The summed E-state index contributed by atoms with van der Waals surface area (Å²) >= 11 is 0. The number of amides is 1. The number of benzene rings is 1. The second kappa shape index (κ2) is 9.64. The van der Waals surface area contributed by atoms with Crippen LogP contribution >= 0.6 is 0 Å². The van der Waals surface area contributed by atoms with Gasteiger partial charge in [-0.25, -0.2) is 0 Å². The Morgan fingerprint density at radius 1 is 1.33 bits per heavy atom. The van der Waals surface area contributed by atoms with Crippen molar-refractivity contribution < 1.29 is 14.6 Å². The molecule has 1 unspecified atom stereocenters. The van der Waals surface area contributed by atoms with Crippen molar-refractivity contribution in [3.8, 4) is 5.75 Å². The summed E-state index contributed by atoms with van der Waals surface area (Å²) in [6, 6.07) is 6.19. The number of hydrogen-bond donors (Lipinski definition) is 3. The van der Waals surface area contributed by atoms with E-state index in [4.69, 9.17) is 4.74 Å². The van der Waals surface area contributed by atoms with Gasteiger partial charge in [-0.1, -0.05) is 26.7 Å². The molecule has 5 nitrogen and oxygen atoms in total. The van der Waals surface area contributed by atoms with Crippen molar-refractivity contribution in [2.45, 2.75) is 64.5 Å². The highest BCUT2D eigenvalue weighted by Crippen LogP contribution is 2.24. The van der Waals surface area contributed by atoms with E-state index in [0.29, 0.717) is 19.0 Å². The Labute approximate surface area is 144 Å². The van der Waals surface area contributed by atoms with Crippen molar-refractivity contribution >= 4 is 11.6 Å². The molecule has 0 heterocycles. The van der Waals surface area contributed by atoms with Gasteiger partial charge in [0, 0.05) is 24.7 Å². The van der Waals surface area contributed by atoms with E-state index in [2.05, 4.69) is 10.6 Å². The summed E-state index contributed by atoms with van der Waals surface area (Å²) in [4.78, 5) is 11.5. The van der Waals surface area contributed by atoms with Gasteiger partial charge >= 0.3 is 0 Å². The van der Waals surface area contributed by atoms with E-state index in [0.717, 1.165) is 23.4 Å². The molecule has 0 saturated heterocycles. The normalized spacial score (nSPS) is 16.1. The van der Waals surface area contributed by atoms with E-state index in [9.17, 15) is 9.90 Å². The Kier molecular flexibility index (Phi) is 7.53. The summed E-state index contributed by atoms with van der Waals surface area (Å²) in [5.41, 5.74) is 1.81. The zero-order chi connectivity index (χ0) is 17.4. The fourth-order valence-corrected chi connectivity index (χ4v) is 3.00. The second-order valence-electron chi connectivity index (χ2n) is 6.43. The van der Waals surface area contributed by atoms with Crippen LogP contribution in [0.25, 0.3) is 0 Å². The first kappa shape index (κ1) is 18.7. The topological polar surface area (TPSA) is 70.6 Å². The van der Waals surface area contributed by atoms with Crippen molar-refractivity contribution in [2.24, 2.45) is 0 Å². The number of aryl methyl sites for hydroxylation is 1. The van der Waals surface area contributed by atoms with Crippen molar-refractivity contribution in [2.75, 3.05) is 18.5 Å². The van der Waals surface area contributed by atoms with Crippen molar-refractivity contribution in [1.29, 1.82) is 0 Å². The average Bonchev–Trinajstić information content (AvgIpc) is 3.12. The van der Waals surface area contributed by atoms with Gasteiger partial charge in [-0.15, -0.1) is 0 Å². The highest BCUT2D eigenvalue weighted by Gasteiger charge is 2.16. The Morgan fingerprint density at radius 2 is 2.08 bits per heavy atom. The number of rotatable bonds is 9. The van der Waals surface area contributed by atoms with Crippen LogP contribution in [0.15, 0.2) is 18.2 Å². The highest BCUT2D eigenvalue weighted by molar-refractivity contribution is 5.90. The first-order valence-corrected chi connectivity index (χ1v) is 9.09. The van der Waals surface area contributed by atoms with Crippen LogP contribution in [0.4, 0.5) is 5.69 Å². The standard InChI is InChI=1S/C19H30N2O3/c1-3-14-11-16(21-19(23)4-2)9-10-18(14)24-13-17(22)12-20-15-7-5-6-8-15/h9-11,15,17,20,22H,3-8,12-13H2,1-2H3,(H,21,23). The molecular formula is C19H30N2O3. The van der Waals surface area contributed by atoms with Gasteiger partial charge in [-0.05, 0) is 43.0 Å². The Morgan fingerprint density at radius 3 is 2.75 bits per heavy atom. The van der Waals surface area contributed by atoms with Crippen LogP contribution in [0, 0.1) is 0 Å². The minimum Gasteiger partial charge on any atom is -0.491 e. The SMILES string of the molecule is CCC(=O)Nc1ccc(OCC(O)CNC2CCCC2)c(CC)c1. The smallest absolute Gasteiger partial charge is 0.224 e. The maximum atomic E-state index is 11.5. The lowest BCUT2D eigenvalue weighted by Crippen LogP contribution is -2.36. The maximum absolute atomic E-state index is 11.5. The summed E-state index contributed by atoms with van der Waals surface area (Å²) < 4.78 is 5.79. The molecular weight excluding hydrogens is 304 g/mol. The third-order valence-corrected chi connectivity index (χ3v) is 4.47. The number of ether oxygens (including phenoxy) is 1. The maximum Gasteiger partial charge on any atom is 0.224 e. The van der Waals surface area contributed by atoms with Gasteiger partial charge in [0.05, 0.1) is 0 Å². The van der Waals surface area contributed by atoms with Gasteiger partial charge in [0.15, 0.2) is 0 Å². The van der Waals surface area contributed by atoms with Gasteiger partial charge in [-0.2, -0.15) is 0 Å². The van der Waals surface area contributed by atoms with Crippen LogP contribution in [-0.4, -0.2) is 36.3 Å².